The van der Waals surface area contributed by atoms with E-state index in [1.807, 2.05) is 38.2 Å². The maximum atomic E-state index is 9.08. The normalized spacial score (nSPS) is 10.7. The first-order chi connectivity index (χ1) is 9.17. The number of nitrogens with zero attached hydrogens (tertiary/aromatic N) is 2. The molecule has 0 aliphatic carbocycles. The van der Waals surface area contributed by atoms with Crippen LogP contribution in [0.2, 0.25) is 0 Å². The van der Waals surface area contributed by atoms with Gasteiger partial charge in [-0.1, -0.05) is 18.2 Å². The number of hydrogen-bond donors (Lipinski definition) is 2. The Morgan fingerprint density at radius 3 is 2.79 bits per heavy atom. The molecule has 0 atom stereocenters. The highest BCUT2D eigenvalue weighted by atomic mass is 16.5. The van der Waals surface area contributed by atoms with Crippen molar-refractivity contribution in [2.75, 3.05) is 6.61 Å². The van der Waals surface area contributed by atoms with Gasteiger partial charge < -0.3 is 15.6 Å². The van der Waals surface area contributed by atoms with Gasteiger partial charge in [-0.25, -0.2) is 4.68 Å². The largest absolute Gasteiger partial charge is 0.439 e. The first-order valence-corrected chi connectivity index (χ1v) is 6.26. The van der Waals surface area contributed by atoms with E-state index in [0.29, 0.717) is 18.8 Å². The molecule has 0 aliphatic rings. The second-order valence-corrected chi connectivity index (χ2v) is 4.38. The molecule has 102 valence electrons. The SMILES string of the molecule is Cc1nn(C)c(Oc2ccccc2CCO)c1CN. The lowest BCUT2D eigenvalue weighted by Crippen LogP contribution is -2.03. The molecule has 1 aromatic carbocycles. The van der Waals surface area contributed by atoms with Crippen LogP contribution in [0.5, 0.6) is 11.6 Å². The van der Waals surface area contributed by atoms with E-state index in [2.05, 4.69) is 5.10 Å². The first-order valence-electron chi connectivity index (χ1n) is 6.26. The number of aliphatic hydroxyl groups excluding tert-OH is 1. The third kappa shape index (κ3) is 2.77. The molecule has 0 fully saturated rings. The lowest BCUT2D eigenvalue weighted by molar-refractivity contribution is 0.297. The second kappa shape index (κ2) is 5.86. The molecule has 19 heavy (non-hydrogen) atoms. The topological polar surface area (TPSA) is 73.3 Å². The summed E-state index contributed by atoms with van der Waals surface area (Å²) in [4.78, 5) is 0. The number of aromatic nitrogens is 2. The molecule has 0 unspecified atom stereocenters. The highest BCUT2D eigenvalue weighted by Gasteiger charge is 2.15. The van der Waals surface area contributed by atoms with Gasteiger partial charge in [0.1, 0.15) is 5.75 Å². The molecular weight excluding hydrogens is 242 g/mol. The van der Waals surface area contributed by atoms with Crippen LogP contribution in [0.1, 0.15) is 16.8 Å². The van der Waals surface area contributed by atoms with Crippen LogP contribution in [0.4, 0.5) is 0 Å². The number of benzene rings is 1. The van der Waals surface area contributed by atoms with Gasteiger partial charge in [-0.15, -0.1) is 0 Å². The lowest BCUT2D eigenvalue weighted by atomic mass is 10.1. The number of ether oxygens (including phenoxy) is 1. The molecule has 0 saturated heterocycles. The molecule has 0 radical (unpaired) electrons. The molecular formula is C14H19N3O2. The van der Waals surface area contributed by atoms with Gasteiger partial charge in [-0.3, -0.25) is 0 Å². The van der Waals surface area contributed by atoms with E-state index in [0.717, 1.165) is 22.6 Å². The Bertz CT molecular complexity index is 564. The average molecular weight is 261 g/mol. The van der Waals surface area contributed by atoms with Gasteiger partial charge in [0.05, 0.1) is 11.3 Å². The summed E-state index contributed by atoms with van der Waals surface area (Å²) in [6, 6.07) is 7.66. The van der Waals surface area contributed by atoms with Crippen molar-refractivity contribution >= 4 is 0 Å². The Kier molecular flexibility index (Phi) is 4.19. The van der Waals surface area contributed by atoms with Crippen LogP contribution < -0.4 is 10.5 Å². The summed E-state index contributed by atoms with van der Waals surface area (Å²) in [6.07, 6.45) is 0.560. The fourth-order valence-corrected chi connectivity index (χ4v) is 2.08. The summed E-state index contributed by atoms with van der Waals surface area (Å²) in [5.41, 5.74) is 8.49. The molecule has 3 N–H and O–H groups in total. The predicted octanol–water partition coefficient (Wildman–Crippen LogP) is 1.51. The zero-order valence-corrected chi connectivity index (χ0v) is 11.3. The van der Waals surface area contributed by atoms with Crippen molar-refractivity contribution in [3.05, 3.63) is 41.1 Å². The van der Waals surface area contributed by atoms with Gasteiger partial charge in [0.15, 0.2) is 0 Å². The Morgan fingerprint density at radius 1 is 1.37 bits per heavy atom. The monoisotopic (exact) mass is 261 g/mol. The molecule has 2 aromatic rings. The third-order valence-electron chi connectivity index (χ3n) is 3.05. The van der Waals surface area contributed by atoms with E-state index in [1.165, 1.54) is 0 Å². The molecule has 2 rings (SSSR count). The van der Waals surface area contributed by atoms with E-state index in [1.54, 1.807) is 4.68 Å². The van der Waals surface area contributed by atoms with E-state index in [-0.39, 0.29) is 6.61 Å². The van der Waals surface area contributed by atoms with Gasteiger partial charge in [0, 0.05) is 20.2 Å². The van der Waals surface area contributed by atoms with Crippen molar-refractivity contribution in [2.45, 2.75) is 19.9 Å². The fourth-order valence-electron chi connectivity index (χ4n) is 2.08. The molecule has 0 bridgehead atoms. The van der Waals surface area contributed by atoms with Gasteiger partial charge in [0.25, 0.3) is 0 Å². The van der Waals surface area contributed by atoms with Crippen molar-refractivity contribution in [1.29, 1.82) is 0 Å². The van der Waals surface area contributed by atoms with Gasteiger partial charge >= 0.3 is 0 Å². The number of para-hydroxylation sites is 1. The van der Waals surface area contributed by atoms with Crippen LogP contribution in [-0.4, -0.2) is 21.5 Å². The van der Waals surface area contributed by atoms with E-state index < -0.39 is 0 Å². The highest BCUT2D eigenvalue weighted by molar-refractivity contribution is 5.39. The van der Waals surface area contributed by atoms with Crippen LogP contribution in [0, 0.1) is 6.92 Å². The van der Waals surface area contributed by atoms with Crippen molar-refractivity contribution in [3.8, 4) is 11.6 Å². The predicted molar refractivity (Wildman–Crippen MR) is 73.1 cm³/mol. The highest BCUT2D eigenvalue weighted by Crippen LogP contribution is 2.29. The average Bonchev–Trinajstić information content (AvgIpc) is 2.66. The Balaban J connectivity index is 2.36. The van der Waals surface area contributed by atoms with Gasteiger partial charge in [-0.2, -0.15) is 5.10 Å². The molecule has 1 heterocycles. The van der Waals surface area contributed by atoms with E-state index in [4.69, 9.17) is 15.6 Å². The summed E-state index contributed by atoms with van der Waals surface area (Å²) in [5, 5.41) is 13.4. The number of rotatable bonds is 5. The molecule has 0 saturated carbocycles. The molecule has 0 amide bonds. The minimum absolute atomic E-state index is 0.0918. The van der Waals surface area contributed by atoms with Crippen LogP contribution >= 0.6 is 0 Å². The van der Waals surface area contributed by atoms with E-state index >= 15 is 0 Å². The number of nitrogens with two attached hydrogens (primary N) is 1. The third-order valence-corrected chi connectivity index (χ3v) is 3.05. The Hall–Kier alpha value is -1.85. The molecule has 0 spiro atoms. The maximum absolute atomic E-state index is 9.08. The van der Waals surface area contributed by atoms with Crippen molar-refractivity contribution in [2.24, 2.45) is 12.8 Å². The molecule has 5 heteroatoms. The van der Waals surface area contributed by atoms with Crippen molar-refractivity contribution < 1.29 is 9.84 Å². The standard InChI is InChI=1S/C14H19N3O2/c1-10-12(9-15)14(17(2)16-10)19-13-6-4-3-5-11(13)7-8-18/h3-6,18H,7-9,15H2,1-2H3. The molecule has 1 aromatic heterocycles. The first kappa shape index (κ1) is 13.6. The summed E-state index contributed by atoms with van der Waals surface area (Å²) >= 11 is 0. The van der Waals surface area contributed by atoms with Crippen LogP contribution in [0.25, 0.3) is 0 Å². The number of hydrogen-bond acceptors (Lipinski definition) is 4. The summed E-state index contributed by atoms with van der Waals surface area (Å²) in [5.74, 6) is 1.39. The summed E-state index contributed by atoms with van der Waals surface area (Å²) in [7, 11) is 1.83. The number of aliphatic hydroxyl groups is 1. The maximum Gasteiger partial charge on any atom is 0.222 e. The minimum Gasteiger partial charge on any atom is -0.439 e. The van der Waals surface area contributed by atoms with Crippen molar-refractivity contribution in [3.63, 3.8) is 0 Å². The summed E-state index contributed by atoms with van der Waals surface area (Å²) in [6.45, 7) is 2.39. The number of aryl methyl sites for hydroxylation is 2. The smallest absolute Gasteiger partial charge is 0.222 e. The molecule has 5 nitrogen and oxygen atoms in total. The Morgan fingerprint density at radius 2 is 2.11 bits per heavy atom. The Labute approximate surface area is 112 Å². The van der Waals surface area contributed by atoms with Crippen LogP contribution in [0.3, 0.4) is 0 Å². The second-order valence-electron chi connectivity index (χ2n) is 4.38. The molecule has 0 aliphatic heterocycles. The zero-order valence-electron chi connectivity index (χ0n) is 11.3. The van der Waals surface area contributed by atoms with Crippen LogP contribution in [-0.2, 0) is 20.0 Å². The minimum atomic E-state index is 0.0918. The van der Waals surface area contributed by atoms with Gasteiger partial charge in [0.2, 0.25) is 5.88 Å². The van der Waals surface area contributed by atoms with Crippen molar-refractivity contribution in [1.82, 2.24) is 9.78 Å². The zero-order chi connectivity index (χ0) is 13.8. The lowest BCUT2D eigenvalue weighted by Gasteiger charge is -2.11. The van der Waals surface area contributed by atoms with Gasteiger partial charge in [-0.05, 0) is 25.0 Å². The fraction of sp³-hybridized carbons (Fsp3) is 0.357. The van der Waals surface area contributed by atoms with Crippen LogP contribution in [0.15, 0.2) is 24.3 Å². The quantitative estimate of drug-likeness (QED) is 0.855. The van der Waals surface area contributed by atoms with E-state index in [9.17, 15) is 0 Å². The summed E-state index contributed by atoms with van der Waals surface area (Å²) < 4.78 is 7.63.